The topological polar surface area (TPSA) is 135 Å². The summed E-state index contributed by atoms with van der Waals surface area (Å²) >= 11 is 3.12. The van der Waals surface area contributed by atoms with E-state index in [0.717, 1.165) is 24.0 Å². The molecule has 4 atom stereocenters. The van der Waals surface area contributed by atoms with E-state index in [1.165, 1.54) is 21.8 Å². The number of nitrogens with one attached hydrogen (secondary N) is 1. The summed E-state index contributed by atoms with van der Waals surface area (Å²) in [5, 5.41) is 0. The Labute approximate surface area is 227 Å². The lowest BCUT2D eigenvalue weighted by Crippen LogP contribution is -2.33. The Hall–Kier alpha value is -2.50. The third-order valence-corrected chi connectivity index (χ3v) is 7.85. The monoisotopic (exact) mass is 612 g/mol. The van der Waals surface area contributed by atoms with Gasteiger partial charge in [0, 0.05) is 24.6 Å². The minimum absolute atomic E-state index is 0.0505. The van der Waals surface area contributed by atoms with Gasteiger partial charge in [0.15, 0.2) is 0 Å². The fourth-order valence-electron chi connectivity index (χ4n) is 4.27. The van der Waals surface area contributed by atoms with Gasteiger partial charge in [0.2, 0.25) is 0 Å². The van der Waals surface area contributed by atoms with E-state index in [4.69, 9.17) is 23.0 Å². The van der Waals surface area contributed by atoms with Crippen molar-refractivity contribution in [2.45, 2.75) is 71.0 Å². The van der Waals surface area contributed by atoms with Crippen LogP contribution in [0.3, 0.4) is 0 Å². The Morgan fingerprint density at radius 2 is 2.13 bits per heavy atom. The summed E-state index contributed by atoms with van der Waals surface area (Å²) in [5.41, 5.74) is 0.526. The SMILES string of the molecule is CCCCCC(=O)O[C@H]1C[C@H](n2cc(/C=C/Br)c(=O)[nH]c2=O)O[C@@H]1COP1(=O)OCc2cccc(C)c2O1. The van der Waals surface area contributed by atoms with Crippen LogP contribution in [0.1, 0.15) is 61.9 Å². The van der Waals surface area contributed by atoms with Crippen molar-refractivity contribution in [3.05, 3.63) is 66.9 Å². The lowest BCUT2D eigenvalue weighted by Gasteiger charge is -2.27. The number of phosphoric acid groups is 1. The summed E-state index contributed by atoms with van der Waals surface area (Å²) in [6.45, 7) is 3.63. The van der Waals surface area contributed by atoms with Crippen LogP contribution in [-0.2, 0) is 34.5 Å². The van der Waals surface area contributed by atoms with Crippen LogP contribution in [0.2, 0.25) is 0 Å². The Morgan fingerprint density at radius 1 is 1.32 bits per heavy atom. The van der Waals surface area contributed by atoms with Crippen molar-refractivity contribution >= 4 is 35.8 Å². The minimum Gasteiger partial charge on any atom is -0.459 e. The van der Waals surface area contributed by atoms with Gasteiger partial charge >= 0.3 is 19.5 Å². The number of nitrogens with zero attached hydrogens (tertiary/aromatic N) is 1. The number of aryl methyl sites for hydroxylation is 1. The Bertz CT molecular complexity index is 1360. The molecular weight excluding hydrogens is 583 g/mol. The van der Waals surface area contributed by atoms with Crippen LogP contribution >= 0.6 is 23.8 Å². The fourth-order valence-corrected chi connectivity index (χ4v) is 5.84. The number of fused-ring (bicyclic) bond motifs is 1. The third-order valence-electron chi connectivity index (χ3n) is 6.27. The predicted molar refractivity (Wildman–Crippen MR) is 142 cm³/mol. The first-order valence-corrected chi connectivity index (χ1v) is 14.7. The number of ether oxygens (including phenoxy) is 2. The molecule has 0 saturated carbocycles. The average molecular weight is 613 g/mol. The summed E-state index contributed by atoms with van der Waals surface area (Å²) in [5.74, 6) is 0.0362. The van der Waals surface area contributed by atoms with Gasteiger partial charge in [-0.05, 0) is 30.0 Å². The van der Waals surface area contributed by atoms with Crippen LogP contribution in [0.5, 0.6) is 5.75 Å². The van der Waals surface area contributed by atoms with Crippen LogP contribution in [0.4, 0.5) is 0 Å². The average Bonchev–Trinajstić information content (AvgIpc) is 3.27. The van der Waals surface area contributed by atoms with E-state index in [9.17, 15) is 18.9 Å². The second-order valence-corrected chi connectivity index (χ2v) is 11.2. The molecule has 0 aliphatic carbocycles. The summed E-state index contributed by atoms with van der Waals surface area (Å²) < 4.78 is 42.8. The second kappa shape index (κ2) is 12.6. The summed E-state index contributed by atoms with van der Waals surface area (Å²) in [7, 11) is -3.98. The van der Waals surface area contributed by atoms with Gasteiger partial charge in [-0.2, -0.15) is 0 Å². The molecule has 13 heteroatoms. The van der Waals surface area contributed by atoms with Crippen LogP contribution in [0, 0.1) is 6.92 Å². The maximum atomic E-state index is 13.2. The number of hydrogen-bond acceptors (Lipinski definition) is 9. The predicted octanol–water partition coefficient (Wildman–Crippen LogP) is 4.72. The Balaban J connectivity index is 1.52. The molecule has 1 saturated heterocycles. The van der Waals surface area contributed by atoms with Gasteiger partial charge in [0.25, 0.3) is 5.56 Å². The zero-order valence-electron chi connectivity index (χ0n) is 21.1. The molecule has 1 aromatic carbocycles. The van der Waals surface area contributed by atoms with E-state index in [1.54, 1.807) is 0 Å². The molecule has 38 heavy (non-hydrogen) atoms. The van der Waals surface area contributed by atoms with Crippen molar-refractivity contribution in [3.8, 4) is 5.75 Å². The molecular formula is C25H30BrN2O9P. The van der Waals surface area contributed by atoms with E-state index >= 15 is 0 Å². The third kappa shape index (κ3) is 6.73. The highest BCUT2D eigenvalue weighted by molar-refractivity contribution is 9.11. The van der Waals surface area contributed by atoms with Crippen molar-refractivity contribution in [3.63, 3.8) is 0 Å². The lowest BCUT2D eigenvalue weighted by molar-refractivity contribution is -0.153. The molecule has 2 aliphatic rings. The van der Waals surface area contributed by atoms with Gasteiger partial charge in [0.1, 0.15) is 24.2 Å². The summed E-state index contributed by atoms with van der Waals surface area (Å²) in [6.07, 6.45) is 3.19. The minimum atomic E-state index is -3.98. The number of benzene rings is 1. The van der Waals surface area contributed by atoms with Crippen molar-refractivity contribution in [1.29, 1.82) is 0 Å². The molecule has 206 valence electrons. The van der Waals surface area contributed by atoms with Gasteiger partial charge in [-0.25, -0.2) is 9.36 Å². The first-order valence-electron chi connectivity index (χ1n) is 12.4. The molecule has 0 amide bonds. The highest BCUT2D eigenvalue weighted by Crippen LogP contribution is 2.55. The molecule has 2 aromatic rings. The van der Waals surface area contributed by atoms with Gasteiger partial charge < -0.3 is 14.0 Å². The first-order chi connectivity index (χ1) is 18.2. The zero-order valence-corrected chi connectivity index (χ0v) is 23.6. The van der Waals surface area contributed by atoms with E-state index in [2.05, 4.69) is 20.9 Å². The molecule has 0 radical (unpaired) electrons. The highest BCUT2D eigenvalue weighted by Gasteiger charge is 2.43. The molecule has 4 rings (SSSR count). The number of esters is 1. The molecule has 1 aromatic heterocycles. The standard InChI is InChI=1S/C25H30BrN2O9P/c1-3-4-5-9-22(29)36-19-12-21(28-13-17(10-11-26)24(30)27-25(28)31)35-20(19)15-34-38(32)33-14-18-8-6-7-16(2)23(18)37-38/h6-8,10-11,13,19-21H,3-5,9,12,14-15H2,1-2H3,(H,27,30,31)/b11-10+/t19-,20+,21+,38?/m0/s1. The molecule has 0 bridgehead atoms. The molecule has 3 heterocycles. The van der Waals surface area contributed by atoms with Crippen molar-refractivity contribution in [1.82, 2.24) is 9.55 Å². The van der Waals surface area contributed by atoms with E-state index < -0.39 is 43.5 Å². The zero-order chi connectivity index (χ0) is 27.3. The number of aromatic amines is 1. The number of carbonyl (C=O) groups excluding carboxylic acids is 1. The summed E-state index contributed by atoms with van der Waals surface area (Å²) in [4.78, 5) is 40.9. The normalized spacial score (nSPS) is 24.8. The van der Waals surface area contributed by atoms with Crippen molar-refractivity contribution in [2.75, 3.05) is 6.61 Å². The fraction of sp³-hybridized carbons (Fsp3) is 0.480. The number of carbonyl (C=O) groups is 1. The van der Waals surface area contributed by atoms with E-state index in [0.29, 0.717) is 12.2 Å². The number of aromatic nitrogens is 2. The van der Waals surface area contributed by atoms with Gasteiger partial charge in [-0.3, -0.25) is 28.2 Å². The van der Waals surface area contributed by atoms with Gasteiger partial charge in [0.05, 0.1) is 18.8 Å². The quantitative estimate of drug-likeness (QED) is 0.229. The molecule has 1 unspecified atom stereocenters. The lowest BCUT2D eigenvalue weighted by atomic mass is 10.1. The largest absolute Gasteiger partial charge is 0.530 e. The number of hydrogen-bond donors (Lipinski definition) is 1. The van der Waals surface area contributed by atoms with Crippen LogP contribution in [0.15, 0.2) is 39.0 Å². The molecule has 1 fully saturated rings. The Kier molecular flexibility index (Phi) is 9.43. The number of unbranched alkanes of at least 4 members (excludes halogenated alkanes) is 2. The number of para-hydroxylation sites is 1. The maximum Gasteiger partial charge on any atom is 0.530 e. The molecule has 1 N–H and O–H groups in total. The van der Waals surface area contributed by atoms with Crippen LogP contribution in [0.25, 0.3) is 6.08 Å². The van der Waals surface area contributed by atoms with Crippen molar-refractivity contribution in [2.24, 2.45) is 0 Å². The first kappa shape index (κ1) is 28.5. The smallest absolute Gasteiger partial charge is 0.459 e. The van der Waals surface area contributed by atoms with Crippen LogP contribution in [-0.4, -0.2) is 34.3 Å². The van der Waals surface area contributed by atoms with Gasteiger partial charge in [-0.15, -0.1) is 0 Å². The number of H-pyrrole nitrogens is 1. The number of halogens is 1. The number of phosphoric ester groups is 1. The summed E-state index contributed by atoms with van der Waals surface area (Å²) in [6, 6.07) is 5.49. The highest BCUT2D eigenvalue weighted by atomic mass is 79.9. The van der Waals surface area contributed by atoms with Gasteiger partial charge in [-0.1, -0.05) is 53.9 Å². The second-order valence-electron chi connectivity index (χ2n) is 9.06. The van der Waals surface area contributed by atoms with Crippen LogP contribution < -0.4 is 15.8 Å². The molecule has 2 aliphatic heterocycles. The maximum absolute atomic E-state index is 13.2. The molecule has 11 nitrogen and oxygen atoms in total. The van der Waals surface area contributed by atoms with E-state index in [1.807, 2.05) is 32.0 Å². The number of rotatable bonds is 10. The van der Waals surface area contributed by atoms with E-state index in [-0.39, 0.29) is 31.6 Å². The van der Waals surface area contributed by atoms with Crippen molar-refractivity contribution < 1.29 is 32.4 Å². The Morgan fingerprint density at radius 3 is 2.89 bits per heavy atom. The molecule has 0 spiro atoms.